The minimum absolute atomic E-state index is 0.00961. The molecule has 0 saturated carbocycles. The van der Waals surface area contributed by atoms with E-state index in [2.05, 4.69) is 10.6 Å². The molecular weight excluding hydrogens is 385 g/mol. The van der Waals surface area contributed by atoms with Crippen molar-refractivity contribution in [3.8, 4) is 0 Å². The van der Waals surface area contributed by atoms with E-state index in [9.17, 15) is 31.2 Å². The summed E-state index contributed by atoms with van der Waals surface area (Å²) in [4.78, 5) is 23.5. The van der Waals surface area contributed by atoms with Crippen LogP contribution in [0, 0.1) is 0 Å². The third kappa shape index (κ3) is 8.89. The van der Waals surface area contributed by atoms with E-state index in [0.717, 1.165) is 37.1 Å². The molecular formula is C17H23F3N2O4S. The fourth-order valence-corrected chi connectivity index (χ4v) is 3.48. The molecule has 0 atom stereocenters. The number of amides is 2. The Morgan fingerprint density at radius 3 is 2.15 bits per heavy atom. The van der Waals surface area contributed by atoms with E-state index >= 15 is 0 Å². The summed E-state index contributed by atoms with van der Waals surface area (Å²) >= 11 is 0. The van der Waals surface area contributed by atoms with Crippen LogP contribution in [0.1, 0.15) is 42.1 Å². The van der Waals surface area contributed by atoms with Crippen LogP contribution in [-0.2, 0) is 20.8 Å². The van der Waals surface area contributed by atoms with Crippen LogP contribution in [0.15, 0.2) is 24.3 Å². The second-order valence-corrected chi connectivity index (χ2v) is 8.16. The summed E-state index contributed by atoms with van der Waals surface area (Å²) in [6, 6.07) is 3.72. The molecule has 0 aliphatic rings. The minimum Gasteiger partial charge on any atom is -0.353 e. The first-order valence-electron chi connectivity index (χ1n) is 8.48. The molecule has 2 amide bonds. The number of alkyl halides is 3. The number of carbonyl (C=O) groups is 2. The minimum atomic E-state index is -4.48. The van der Waals surface area contributed by atoms with E-state index in [0.29, 0.717) is 6.42 Å². The van der Waals surface area contributed by atoms with Crippen LogP contribution in [-0.4, -0.2) is 44.8 Å². The number of halogens is 3. The molecule has 0 aliphatic carbocycles. The Bertz CT molecular complexity index is 732. The maximum absolute atomic E-state index is 12.5. The lowest BCUT2D eigenvalue weighted by Crippen LogP contribution is -2.37. The predicted molar refractivity (Wildman–Crippen MR) is 95.0 cm³/mol. The maximum Gasteiger partial charge on any atom is 0.416 e. The molecule has 1 rings (SSSR count). The van der Waals surface area contributed by atoms with E-state index in [-0.39, 0.29) is 24.4 Å². The van der Waals surface area contributed by atoms with E-state index in [1.54, 1.807) is 0 Å². The number of hydrogen-bond acceptors (Lipinski definition) is 4. The first-order chi connectivity index (χ1) is 12.5. The first kappa shape index (κ1) is 22.9. The van der Waals surface area contributed by atoms with Gasteiger partial charge in [0, 0.05) is 18.7 Å². The molecule has 0 saturated heterocycles. The lowest BCUT2D eigenvalue weighted by atomic mass is 10.1. The van der Waals surface area contributed by atoms with Gasteiger partial charge in [0.25, 0.3) is 5.91 Å². The summed E-state index contributed by atoms with van der Waals surface area (Å²) in [5.74, 6) is -1.90. The number of hydrogen-bond donors (Lipinski definition) is 2. The van der Waals surface area contributed by atoms with E-state index in [4.69, 9.17) is 0 Å². The summed E-state index contributed by atoms with van der Waals surface area (Å²) < 4.78 is 60.9. The Morgan fingerprint density at radius 2 is 1.59 bits per heavy atom. The van der Waals surface area contributed by atoms with Gasteiger partial charge in [-0.25, -0.2) is 8.42 Å². The van der Waals surface area contributed by atoms with Crippen molar-refractivity contribution in [2.24, 2.45) is 0 Å². The van der Waals surface area contributed by atoms with Gasteiger partial charge in [-0.05, 0) is 30.7 Å². The Balaban J connectivity index is 2.34. The standard InChI is InChI=1S/C17H23F3N2O4S/c1-2-3-4-11-27(25,26)12-15(23)21-9-10-22-16(24)13-5-7-14(8-6-13)17(18,19)20/h5-8H,2-4,9-12H2,1H3,(H,21,23)(H,22,24). The van der Waals surface area contributed by atoms with Crippen LogP contribution in [0.4, 0.5) is 13.2 Å². The zero-order valence-electron chi connectivity index (χ0n) is 14.9. The zero-order chi connectivity index (χ0) is 20.5. The molecule has 152 valence electrons. The summed E-state index contributed by atoms with van der Waals surface area (Å²) in [6.07, 6.45) is -2.32. The van der Waals surface area contributed by atoms with Crippen molar-refractivity contribution in [2.75, 3.05) is 24.6 Å². The van der Waals surface area contributed by atoms with Gasteiger partial charge in [-0.2, -0.15) is 13.2 Å². The van der Waals surface area contributed by atoms with Crippen molar-refractivity contribution < 1.29 is 31.2 Å². The third-order valence-electron chi connectivity index (χ3n) is 3.62. The smallest absolute Gasteiger partial charge is 0.353 e. The van der Waals surface area contributed by atoms with Crippen molar-refractivity contribution in [3.05, 3.63) is 35.4 Å². The highest BCUT2D eigenvalue weighted by Crippen LogP contribution is 2.28. The number of sulfone groups is 1. The number of nitrogens with one attached hydrogen (secondary N) is 2. The highest BCUT2D eigenvalue weighted by molar-refractivity contribution is 7.92. The summed E-state index contributed by atoms with van der Waals surface area (Å²) in [7, 11) is -3.46. The van der Waals surface area contributed by atoms with Crippen LogP contribution in [0.25, 0.3) is 0 Å². The SMILES string of the molecule is CCCCCS(=O)(=O)CC(=O)NCCNC(=O)c1ccc(C(F)(F)F)cc1. The van der Waals surface area contributed by atoms with Crippen molar-refractivity contribution >= 4 is 21.7 Å². The topological polar surface area (TPSA) is 92.3 Å². The molecule has 0 heterocycles. The molecule has 2 N–H and O–H groups in total. The number of rotatable bonds is 10. The van der Waals surface area contributed by atoms with E-state index < -0.39 is 39.1 Å². The van der Waals surface area contributed by atoms with E-state index in [1.165, 1.54) is 0 Å². The summed E-state index contributed by atoms with van der Waals surface area (Å²) in [6.45, 7) is 1.97. The van der Waals surface area contributed by atoms with Gasteiger partial charge in [0.05, 0.1) is 11.3 Å². The highest BCUT2D eigenvalue weighted by atomic mass is 32.2. The van der Waals surface area contributed by atoms with Crippen LogP contribution < -0.4 is 10.6 Å². The molecule has 0 aromatic heterocycles. The molecule has 0 bridgehead atoms. The molecule has 0 unspecified atom stereocenters. The fourth-order valence-electron chi connectivity index (χ4n) is 2.19. The molecule has 0 aliphatic heterocycles. The Kier molecular flexibility index (Phi) is 8.74. The lowest BCUT2D eigenvalue weighted by Gasteiger charge is -2.09. The fraction of sp³-hybridized carbons (Fsp3) is 0.529. The molecule has 27 heavy (non-hydrogen) atoms. The van der Waals surface area contributed by atoms with Gasteiger partial charge in [-0.3, -0.25) is 9.59 Å². The molecule has 0 fully saturated rings. The number of unbranched alkanes of at least 4 members (excludes halogenated alkanes) is 2. The van der Waals surface area contributed by atoms with Crippen LogP contribution in [0.3, 0.4) is 0 Å². The third-order valence-corrected chi connectivity index (χ3v) is 5.23. The molecule has 10 heteroatoms. The first-order valence-corrected chi connectivity index (χ1v) is 10.3. The highest BCUT2D eigenvalue weighted by Gasteiger charge is 2.30. The van der Waals surface area contributed by atoms with Gasteiger partial charge < -0.3 is 10.6 Å². The Labute approximate surface area is 156 Å². The van der Waals surface area contributed by atoms with Crippen LogP contribution >= 0.6 is 0 Å². The normalized spacial score (nSPS) is 11.9. The predicted octanol–water partition coefficient (Wildman–Crippen LogP) is 2.16. The average Bonchev–Trinajstić information content (AvgIpc) is 2.57. The van der Waals surface area contributed by atoms with Gasteiger partial charge in [-0.1, -0.05) is 19.8 Å². The molecule has 0 spiro atoms. The zero-order valence-corrected chi connectivity index (χ0v) is 15.8. The van der Waals surface area contributed by atoms with Crippen LogP contribution in [0.2, 0.25) is 0 Å². The monoisotopic (exact) mass is 408 g/mol. The molecule has 6 nitrogen and oxygen atoms in total. The lowest BCUT2D eigenvalue weighted by molar-refractivity contribution is -0.137. The maximum atomic E-state index is 12.5. The number of benzene rings is 1. The second-order valence-electron chi connectivity index (χ2n) is 5.98. The van der Waals surface area contributed by atoms with Crippen molar-refractivity contribution in [1.29, 1.82) is 0 Å². The van der Waals surface area contributed by atoms with Gasteiger partial charge in [0.2, 0.25) is 5.91 Å². The average molecular weight is 408 g/mol. The molecule has 1 aromatic carbocycles. The largest absolute Gasteiger partial charge is 0.416 e. The van der Waals surface area contributed by atoms with Crippen molar-refractivity contribution in [1.82, 2.24) is 10.6 Å². The van der Waals surface area contributed by atoms with Crippen LogP contribution in [0.5, 0.6) is 0 Å². The quantitative estimate of drug-likeness (QED) is 0.581. The van der Waals surface area contributed by atoms with Gasteiger partial charge in [-0.15, -0.1) is 0 Å². The van der Waals surface area contributed by atoms with Gasteiger partial charge in [0.15, 0.2) is 9.84 Å². The Morgan fingerprint density at radius 1 is 1.00 bits per heavy atom. The van der Waals surface area contributed by atoms with E-state index in [1.807, 2.05) is 6.92 Å². The Hall–Kier alpha value is -2.10. The molecule has 1 aromatic rings. The van der Waals surface area contributed by atoms with Crippen molar-refractivity contribution in [2.45, 2.75) is 32.4 Å². The summed E-state index contributed by atoms with van der Waals surface area (Å²) in [5.41, 5.74) is -0.806. The van der Waals surface area contributed by atoms with Gasteiger partial charge in [0.1, 0.15) is 5.75 Å². The second kappa shape index (κ2) is 10.3. The van der Waals surface area contributed by atoms with Gasteiger partial charge >= 0.3 is 6.18 Å². The number of carbonyl (C=O) groups excluding carboxylic acids is 2. The van der Waals surface area contributed by atoms with Crippen molar-refractivity contribution in [3.63, 3.8) is 0 Å². The molecule has 0 radical (unpaired) electrons. The summed E-state index contributed by atoms with van der Waals surface area (Å²) in [5, 5.41) is 4.82.